The molecule has 0 fully saturated rings. The summed E-state index contributed by atoms with van der Waals surface area (Å²) >= 11 is 1.73. The smallest absolute Gasteiger partial charge is 0.0833 e. The van der Waals surface area contributed by atoms with Crippen LogP contribution in [0.5, 0.6) is 0 Å². The summed E-state index contributed by atoms with van der Waals surface area (Å²) in [5, 5.41) is 2.13. The summed E-state index contributed by atoms with van der Waals surface area (Å²) < 4.78 is 5.71. The Morgan fingerprint density at radius 2 is 2.27 bits per heavy atom. The largest absolute Gasteiger partial charge is 0.374 e. The Bertz CT molecular complexity index is 309. The van der Waals surface area contributed by atoms with Gasteiger partial charge in [-0.3, -0.25) is 11.3 Å². The van der Waals surface area contributed by atoms with E-state index >= 15 is 0 Å². The molecule has 1 unspecified atom stereocenters. The number of ether oxygens (including phenoxy) is 1. The van der Waals surface area contributed by atoms with E-state index in [4.69, 9.17) is 10.6 Å². The van der Waals surface area contributed by atoms with Crippen LogP contribution in [0.4, 0.5) is 0 Å². The standard InChI is InChI=1S/C11H20N2OS/c1-5-14-11(3,4)10(13-12)9-6-8(2)15-7-9/h6-7,10,13H,5,12H2,1-4H3. The van der Waals surface area contributed by atoms with Crippen LogP contribution in [0.3, 0.4) is 0 Å². The van der Waals surface area contributed by atoms with Gasteiger partial charge in [-0.25, -0.2) is 0 Å². The van der Waals surface area contributed by atoms with Crippen LogP contribution in [0, 0.1) is 6.92 Å². The second kappa shape index (κ2) is 5.07. The molecule has 0 bridgehead atoms. The summed E-state index contributed by atoms with van der Waals surface area (Å²) in [7, 11) is 0. The lowest BCUT2D eigenvalue weighted by Crippen LogP contribution is -2.44. The van der Waals surface area contributed by atoms with Crippen molar-refractivity contribution < 1.29 is 4.74 Å². The van der Waals surface area contributed by atoms with Gasteiger partial charge in [0.2, 0.25) is 0 Å². The molecular formula is C11H20N2OS. The zero-order valence-corrected chi connectivity index (χ0v) is 10.6. The van der Waals surface area contributed by atoms with E-state index in [2.05, 4.69) is 23.8 Å². The average Bonchev–Trinajstić information content (AvgIpc) is 2.52. The lowest BCUT2D eigenvalue weighted by Gasteiger charge is -2.33. The van der Waals surface area contributed by atoms with Crippen molar-refractivity contribution in [1.29, 1.82) is 0 Å². The third-order valence-corrected chi connectivity index (χ3v) is 3.34. The Labute approximate surface area is 95.6 Å². The van der Waals surface area contributed by atoms with Gasteiger partial charge in [0.25, 0.3) is 0 Å². The second-order valence-electron chi connectivity index (χ2n) is 4.13. The van der Waals surface area contributed by atoms with E-state index in [0.717, 1.165) is 0 Å². The van der Waals surface area contributed by atoms with E-state index in [1.54, 1.807) is 11.3 Å². The van der Waals surface area contributed by atoms with Gasteiger partial charge in [0.15, 0.2) is 0 Å². The molecule has 86 valence electrons. The van der Waals surface area contributed by atoms with E-state index in [-0.39, 0.29) is 11.6 Å². The maximum Gasteiger partial charge on any atom is 0.0833 e. The average molecular weight is 228 g/mol. The Morgan fingerprint density at radius 3 is 2.67 bits per heavy atom. The summed E-state index contributed by atoms with van der Waals surface area (Å²) in [6, 6.07) is 2.18. The molecule has 0 amide bonds. The molecule has 1 aromatic rings. The van der Waals surface area contributed by atoms with Crippen LogP contribution >= 0.6 is 11.3 Å². The predicted molar refractivity (Wildman–Crippen MR) is 64.8 cm³/mol. The summed E-state index contributed by atoms with van der Waals surface area (Å²) in [6.45, 7) is 8.87. The molecule has 0 aliphatic rings. The van der Waals surface area contributed by atoms with Gasteiger partial charge in [-0.2, -0.15) is 0 Å². The van der Waals surface area contributed by atoms with E-state index in [1.807, 2.05) is 20.8 Å². The van der Waals surface area contributed by atoms with Crippen molar-refractivity contribution in [3.05, 3.63) is 21.9 Å². The number of hydrogen-bond acceptors (Lipinski definition) is 4. The molecule has 0 aromatic carbocycles. The highest BCUT2D eigenvalue weighted by molar-refractivity contribution is 7.10. The van der Waals surface area contributed by atoms with Gasteiger partial charge in [0.1, 0.15) is 0 Å². The number of hydrogen-bond donors (Lipinski definition) is 2. The quantitative estimate of drug-likeness (QED) is 0.601. The third kappa shape index (κ3) is 3.01. The zero-order chi connectivity index (χ0) is 11.5. The first-order valence-electron chi connectivity index (χ1n) is 5.16. The molecule has 4 heteroatoms. The molecule has 3 nitrogen and oxygen atoms in total. The summed E-state index contributed by atoms with van der Waals surface area (Å²) in [5.74, 6) is 5.61. The number of rotatable bonds is 5. The number of nitrogens with one attached hydrogen (secondary N) is 1. The minimum atomic E-state index is -0.295. The molecule has 3 N–H and O–H groups in total. The van der Waals surface area contributed by atoms with Crippen molar-refractivity contribution in [1.82, 2.24) is 5.43 Å². The van der Waals surface area contributed by atoms with E-state index < -0.39 is 0 Å². The minimum absolute atomic E-state index is 0.0300. The van der Waals surface area contributed by atoms with Crippen LogP contribution in [0.1, 0.15) is 37.3 Å². The molecule has 1 atom stereocenters. The van der Waals surface area contributed by atoms with Gasteiger partial charge < -0.3 is 4.74 Å². The normalized spacial score (nSPS) is 14.2. The molecule has 0 aliphatic carbocycles. The highest BCUT2D eigenvalue weighted by atomic mass is 32.1. The number of thiophene rings is 1. The highest BCUT2D eigenvalue weighted by Crippen LogP contribution is 2.30. The van der Waals surface area contributed by atoms with Gasteiger partial charge in [0, 0.05) is 11.5 Å². The Kier molecular flexibility index (Phi) is 4.28. The van der Waals surface area contributed by atoms with Gasteiger partial charge in [0.05, 0.1) is 11.6 Å². The Morgan fingerprint density at radius 1 is 1.60 bits per heavy atom. The van der Waals surface area contributed by atoms with Gasteiger partial charge in [-0.05, 0) is 44.7 Å². The van der Waals surface area contributed by atoms with Crippen molar-refractivity contribution in [2.75, 3.05) is 6.61 Å². The Hall–Kier alpha value is -0.420. The van der Waals surface area contributed by atoms with E-state index in [1.165, 1.54) is 10.4 Å². The molecular weight excluding hydrogens is 208 g/mol. The lowest BCUT2D eigenvalue weighted by molar-refractivity contribution is -0.0391. The maximum absolute atomic E-state index is 5.71. The van der Waals surface area contributed by atoms with Crippen LogP contribution in [-0.4, -0.2) is 12.2 Å². The van der Waals surface area contributed by atoms with Gasteiger partial charge in [-0.15, -0.1) is 11.3 Å². The van der Waals surface area contributed by atoms with Crippen molar-refractivity contribution >= 4 is 11.3 Å². The van der Waals surface area contributed by atoms with Gasteiger partial charge >= 0.3 is 0 Å². The van der Waals surface area contributed by atoms with Crippen molar-refractivity contribution in [2.45, 2.75) is 39.3 Å². The lowest BCUT2D eigenvalue weighted by atomic mass is 9.94. The van der Waals surface area contributed by atoms with Crippen LogP contribution in [0.2, 0.25) is 0 Å². The van der Waals surface area contributed by atoms with Crippen molar-refractivity contribution in [3.63, 3.8) is 0 Å². The van der Waals surface area contributed by atoms with E-state index in [0.29, 0.717) is 6.61 Å². The molecule has 1 aromatic heterocycles. The van der Waals surface area contributed by atoms with Crippen molar-refractivity contribution in [3.8, 4) is 0 Å². The molecule has 0 saturated heterocycles. The van der Waals surface area contributed by atoms with E-state index in [9.17, 15) is 0 Å². The molecule has 15 heavy (non-hydrogen) atoms. The first-order chi connectivity index (χ1) is 7.01. The number of hydrazine groups is 1. The third-order valence-electron chi connectivity index (χ3n) is 2.46. The fraction of sp³-hybridized carbons (Fsp3) is 0.636. The van der Waals surface area contributed by atoms with Crippen LogP contribution in [-0.2, 0) is 4.74 Å². The summed E-state index contributed by atoms with van der Waals surface area (Å²) in [6.07, 6.45) is 0. The minimum Gasteiger partial charge on any atom is -0.374 e. The first-order valence-corrected chi connectivity index (χ1v) is 6.04. The molecule has 1 rings (SSSR count). The van der Waals surface area contributed by atoms with Gasteiger partial charge in [-0.1, -0.05) is 0 Å². The molecule has 0 radical (unpaired) electrons. The number of nitrogens with two attached hydrogens (primary N) is 1. The molecule has 0 saturated carbocycles. The van der Waals surface area contributed by atoms with Crippen molar-refractivity contribution in [2.24, 2.45) is 5.84 Å². The summed E-state index contributed by atoms with van der Waals surface area (Å²) in [4.78, 5) is 1.29. The SMILES string of the molecule is CCOC(C)(C)C(NN)c1csc(C)c1. The maximum atomic E-state index is 5.71. The molecule has 0 spiro atoms. The summed E-state index contributed by atoms with van der Waals surface area (Å²) in [5.41, 5.74) is 3.74. The zero-order valence-electron chi connectivity index (χ0n) is 9.83. The Balaban J connectivity index is 2.88. The van der Waals surface area contributed by atoms with Crippen LogP contribution < -0.4 is 11.3 Å². The number of aryl methyl sites for hydroxylation is 1. The van der Waals surface area contributed by atoms with Crippen LogP contribution in [0.15, 0.2) is 11.4 Å². The molecule has 0 aliphatic heterocycles. The van der Waals surface area contributed by atoms with Crippen LogP contribution in [0.25, 0.3) is 0 Å². The highest BCUT2D eigenvalue weighted by Gasteiger charge is 2.31. The second-order valence-corrected chi connectivity index (χ2v) is 5.24. The fourth-order valence-electron chi connectivity index (χ4n) is 1.77. The predicted octanol–water partition coefficient (Wildman–Crippen LogP) is 2.38. The first kappa shape index (κ1) is 12.6. The fourth-order valence-corrected chi connectivity index (χ4v) is 2.50. The molecule has 1 heterocycles. The topological polar surface area (TPSA) is 47.3 Å². The monoisotopic (exact) mass is 228 g/mol.